The van der Waals surface area contributed by atoms with Crippen LogP contribution in [0.1, 0.15) is 25.0 Å². The van der Waals surface area contributed by atoms with E-state index in [1.807, 2.05) is 11.3 Å². The Morgan fingerprint density at radius 2 is 0.967 bits per heavy atom. The minimum absolute atomic E-state index is 0.102. The number of rotatable bonds is 6. The van der Waals surface area contributed by atoms with Gasteiger partial charge in [0.2, 0.25) is 0 Å². The van der Waals surface area contributed by atoms with Crippen molar-refractivity contribution in [2.75, 3.05) is 4.90 Å². The van der Waals surface area contributed by atoms with Crippen molar-refractivity contribution in [2.45, 2.75) is 19.3 Å². The Hall–Kier alpha value is -7.20. The lowest BCUT2D eigenvalue weighted by molar-refractivity contribution is 0.660. The molecule has 2 heterocycles. The molecular formula is C57H40N2S. The van der Waals surface area contributed by atoms with Crippen LogP contribution in [0.2, 0.25) is 0 Å². The Kier molecular flexibility index (Phi) is 7.79. The first-order valence-corrected chi connectivity index (χ1v) is 21.6. The third-order valence-corrected chi connectivity index (χ3v) is 14.0. The summed E-state index contributed by atoms with van der Waals surface area (Å²) in [6.07, 6.45) is 0. The molecule has 2 nitrogen and oxygen atoms in total. The second kappa shape index (κ2) is 13.4. The summed E-state index contributed by atoms with van der Waals surface area (Å²) in [6, 6.07) is 76.0. The molecule has 2 aromatic heterocycles. The van der Waals surface area contributed by atoms with Gasteiger partial charge in [-0.1, -0.05) is 159 Å². The molecule has 0 amide bonds. The van der Waals surface area contributed by atoms with Crippen LogP contribution in [0.5, 0.6) is 0 Å². The SMILES string of the molecule is CC1(C)c2ccccc2-c2ccc(N(c3ccc(-c4ccc(-c5ccccc5-n5c6ccccc6c6ccccc65)cc4)cc3)c3cccc4sc5ccccc5c34)cc21. The molecule has 3 heteroatoms. The van der Waals surface area contributed by atoms with E-state index in [-0.39, 0.29) is 5.41 Å². The molecule has 0 fully saturated rings. The third-order valence-electron chi connectivity index (χ3n) is 12.8. The van der Waals surface area contributed by atoms with Gasteiger partial charge in [0, 0.05) is 53.3 Å². The average molecular weight is 785 g/mol. The van der Waals surface area contributed by atoms with E-state index >= 15 is 0 Å². The number of nitrogens with zero attached hydrogens (tertiary/aromatic N) is 2. The summed E-state index contributed by atoms with van der Waals surface area (Å²) in [5, 5.41) is 5.13. The molecule has 11 aromatic rings. The van der Waals surface area contributed by atoms with E-state index in [1.54, 1.807) is 0 Å². The van der Waals surface area contributed by atoms with Crippen molar-refractivity contribution in [3.63, 3.8) is 0 Å². The third kappa shape index (κ3) is 5.26. The summed E-state index contributed by atoms with van der Waals surface area (Å²) in [6.45, 7) is 4.73. The predicted molar refractivity (Wildman–Crippen MR) is 257 cm³/mol. The summed E-state index contributed by atoms with van der Waals surface area (Å²) >= 11 is 1.87. The normalized spacial score (nSPS) is 13.0. The Balaban J connectivity index is 0.946. The van der Waals surface area contributed by atoms with Crippen molar-refractivity contribution in [2.24, 2.45) is 0 Å². The van der Waals surface area contributed by atoms with Gasteiger partial charge in [0.05, 0.1) is 22.4 Å². The largest absolute Gasteiger partial charge is 0.310 e. The fourth-order valence-electron chi connectivity index (χ4n) is 9.94. The van der Waals surface area contributed by atoms with Crippen molar-refractivity contribution in [3.8, 4) is 39.1 Å². The molecule has 0 unspecified atom stereocenters. The summed E-state index contributed by atoms with van der Waals surface area (Å²) in [7, 11) is 0. The van der Waals surface area contributed by atoms with E-state index < -0.39 is 0 Å². The quantitative estimate of drug-likeness (QED) is 0.163. The second-order valence-electron chi connectivity index (χ2n) is 16.5. The van der Waals surface area contributed by atoms with Crippen LogP contribution >= 0.6 is 11.3 Å². The first-order valence-electron chi connectivity index (χ1n) is 20.8. The lowest BCUT2D eigenvalue weighted by Gasteiger charge is -2.29. The van der Waals surface area contributed by atoms with Gasteiger partial charge >= 0.3 is 0 Å². The van der Waals surface area contributed by atoms with Crippen LogP contribution in [-0.2, 0) is 5.41 Å². The zero-order chi connectivity index (χ0) is 40.0. The fourth-order valence-corrected chi connectivity index (χ4v) is 11.1. The zero-order valence-corrected chi connectivity index (χ0v) is 34.2. The van der Waals surface area contributed by atoms with Gasteiger partial charge in [-0.3, -0.25) is 0 Å². The van der Waals surface area contributed by atoms with Gasteiger partial charge in [0.15, 0.2) is 0 Å². The fraction of sp³-hybridized carbons (Fsp3) is 0.0526. The summed E-state index contributed by atoms with van der Waals surface area (Å²) in [5.41, 5.74) is 17.2. The van der Waals surface area contributed by atoms with Crippen molar-refractivity contribution in [3.05, 3.63) is 217 Å². The number of fused-ring (bicyclic) bond motifs is 9. The van der Waals surface area contributed by atoms with Crippen LogP contribution < -0.4 is 4.90 Å². The van der Waals surface area contributed by atoms with E-state index in [0.717, 1.165) is 11.4 Å². The number of thiophene rings is 1. The molecule has 60 heavy (non-hydrogen) atoms. The molecule has 284 valence electrons. The lowest BCUT2D eigenvalue weighted by atomic mass is 9.82. The molecule has 0 atom stereocenters. The van der Waals surface area contributed by atoms with Gasteiger partial charge < -0.3 is 9.47 Å². The Bertz CT molecular complexity index is 3400. The second-order valence-corrected chi connectivity index (χ2v) is 17.6. The Morgan fingerprint density at radius 3 is 1.72 bits per heavy atom. The van der Waals surface area contributed by atoms with E-state index in [9.17, 15) is 0 Å². The standard InChI is InChI=1S/C57H40N2S/c1-57(2)48-19-8-3-15-43(48)44-35-34-41(36-49(44)57)58(53-23-13-25-55-56(53)47-18-7-12-24-54(47)60-55)40-32-30-38(31-33-40)37-26-28-39(29-27-37)42-14-4-9-20-50(42)59-51-21-10-5-16-45(51)46-17-6-11-22-52(46)59/h3-36H,1-2H3. The molecule has 0 saturated heterocycles. The maximum Gasteiger partial charge on any atom is 0.0554 e. The van der Waals surface area contributed by atoms with Crippen molar-refractivity contribution >= 4 is 70.4 Å². The molecular weight excluding hydrogens is 745 g/mol. The van der Waals surface area contributed by atoms with Crippen LogP contribution in [0, 0.1) is 0 Å². The topological polar surface area (TPSA) is 8.17 Å². The molecule has 1 aliphatic rings. The number of hydrogen-bond donors (Lipinski definition) is 0. The number of hydrogen-bond acceptors (Lipinski definition) is 2. The maximum atomic E-state index is 2.47. The van der Waals surface area contributed by atoms with Gasteiger partial charge in [0.1, 0.15) is 0 Å². The molecule has 0 bridgehead atoms. The maximum absolute atomic E-state index is 2.47. The predicted octanol–water partition coefficient (Wildman–Crippen LogP) is 16.3. The summed E-state index contributed by atoms with van der Waals surface area (Å²) < 4.78 is 5.02. The van der Waals surface area contributed by atoms with Crippen LogP contribution in [0.25, 0.3) is 81.0 Å². The Labute approximate surface area is 353 Å². The molecule has 0 spiro atoms. The highest BCUT2D eigenvalue weighted by atomic mass is 32.1. The van der Waals surface area contributed by atoms with Crippen molar-refractivity contribution in [1.82, 2.24) is 4.57 Å². The van der Waals surface area contributed by atoms with E-state index in [0.29, 0.717) is 0 Å². The minimum atomic E-state index is -0.102. The van der Waals surface area contributed by atoms with Crippen LogP contribution in [0.4, 0.5) is 17.1 Å². The van der Waals surface area contributed by atoms with Gasteiger partial charge in [-0.2, -0.15) is 0 Å². The molecule has 0 N–H and O–H groups in total. The van der Waals surface area contributed by atoms with Crippen molar-refractivity contribution < 1.29 is 0 Å². The first kappa shape index (κ1) is 34.8. The molecule has 0 saturated carbocycles. The highest BCUT2D eigenvalue weighted by Gasteiger charge is 2.36. The average Bonchev–Trinajstić information content (AvgIpc) is 3.93. The minimum Gasteiger partial charge on any atom is -0.310 e. The van der Waals surface area contributed by atoms with Gasteiger partial charge in [-0.25, -0.2) is 0 Å². The summed E-state index contributed by atoms with van der Waals surface area (Å²) in [4.78, 5) is 2.47. The number of anilines is 3. The number of para-hydroxylation sites is 3. The van der Waals surface area contributed by atoms with Gasteiger partial charge in [0.25, 0.3) is 0 Å². The molecule has 12 rings (SSSR count). The van der Waals surface area contributed by atoms with Gasteiger partial charge in [-0.15, -0.1) is 11.3 Å². The highest BCUT2D eigenvalue weighted by molar-refractivity contribution is 7.26. The zero-order valence-electron chi connectivity index (χ0n) is 33.4. The monoisotopic (exact) mass is 784 g/mol. The van der Waals surface area contributed by atoms with E-state index in [2.05, 4.69) is 230 Å². The summed E-state index contributed by atoms with van der Waals surface area (Å²) in [5.74, 6) is 0. The van der Waals surface area contributed by atoms with Crippen molar-refractivity contribution in [1.29, 1.82) is 0 Å². The van der Waals surface area contributed by atoms with Crippen LogP contribution in [0.3, 0.4) is 0 Å². The number of benzene rings is 9. The first-order chi connectivity index (χ1) is 29.5. The number of aromatic nitrogens is 1. The van der Waals surface area contributed by atoms with E-state index in [1.165, 1.54) is 97.9 Å². The Morgan fingerprint density at radius 1 is 0.417 bits per heavy atom. The van der Waals surface area contributed by atoms with Crippen LogP contribution in [-0.4, -0.2) is 4.57 Å². The molecule has 1 aliphatic carbocycles. The molecule has 9 aromatic carbocycles. The molecule has 0 aliphatic heterocycles. The smallest absolute Gasteiger partial charge is 0.0554 e. The molecule has 0 radical (unpaired) electrons. The van der Waals surface area contributed by atoms with E-state index in [4.69, 9.17) is 0 Å². The highest BCUT2D eigenvalue weighted by Crippen LogP contribution is 2.52. The van der Waals surface area contributed by atoms with Gasteiger partial charge in [-0.05, 0) is 99.6 Å². The lowest BCUT2D eigenvalue weighted by Crippen LogP contribution is -2.16. The van der Waals surface area contributed by atoms with Crippen LogP contribution in [0.15, 0.2) is 206 Å².